The highest BCUT2D eigenvalue weighted by atomic mass is 16.5. The Hall–Kier alpha value is -1.58. The molecule has 0 aliphatic rings. The van der Waals surface area contributed by atoms with E-state index < -0.39 is 0 Å². The van der Waals surface area contributed by atoms with Crippen molar-refractivity contribution in [3.63, 3.8) is 0 Å². The van der Waals surface area contributed by atoms with Gasteiger partial charge in [0.2, 0.25) is 0 Å². The van der Waals surface area contributed by atoms with Crippen LogP contribution in [0.25, 0.3) is 11.4 Å². The lowest BCUT2D eigenvalue weighted by atomic mass is 10.3. The summed E-state index contributed by atoms with van der Waals surface area (Å²) >= 11 is 0. The second-order valence-electron chi connectivity index (χ2n) is 1.69. The SMILES string of the molecule is [c]1conc1-c1ccon1. The van der Waals surface area contributed by atoms with E-state index in [9.17, 15) is 0 Å². The van der Waals surface area contributed by atoms with Gasteiger partial charge in [0.1, 0.15) is 23.9 Å². The highest BCUT2D eigenvalue weighted by molar-refractivity contribution is 5.49. The molecular weight excluding hydrogens is 132 g/mol. The van der Waals surface area contributed by atoms with Crippen LogP contribution in [0.5, 0.6) is 0 Å². The molecule has 0 spiro atoms. The van der Waals surface area contributed by atoms with Crippen LogP contribution in [0, 0.1) is 6.07 Å². The first kappa shape index (κ1) is 5.22. The predicted octanol–water partition coefficient (Wildman–Crippen LogP) is 1.13. The van der Waals surface area contributed by atoms with E-state index in [1.54, 1.807) is 6.07 Å². The van der Waals surface area contributed by atoms with Gasteiger partial charge >= 0.3 is 0 Å². The molecule has 0 bridgehead atoms. The molecule has 4 heteroatoms. The van der Waals surface area contributed by atoms with Gasteiger partial charge in [-0.15, -0.1) is 0 Å². The van der Waals surface area contributed by atoms with E-state index in [2.05, 4.69) is 25.4 Å². The van der Waals surface area contributed by atoms with Crippen LogP contribution in [0.15, 0.2) is 27.6 Å². The summed E-state index contributed by atoms with van der Waals surface area (Å²) in [6.45, 7) is 0. The van der Waals surface area contributed by atoms with Crippen molar-refractivity contribution in [3.8, 4) is 11.4 Å². The van der Waals surface area contributed by atoms with Crippen LogP contribution < -0.4 is 0 Å². The summed E-state index contributed by atoms with van der Waals surface area (Å²) in [5.41, 5.74) is 1.20. The Bertz CT molecular complexity index is 253. The van der Waals surface area contributed by atoms with Crippen LogP contribution in [0.1, 0.15) is 0 Å². The number of hydrogen-bond donors (Lipinski definition) is 0. The minimum atomic E-state index is 0.564. The molecule has 0 fully saturated rings. The summed E-state index contributed by atoms with van der Waals surface area (Å²) in [6.07, 6.45) is 2.84. The van der Waals surface area contributed by atoms with Gasteiger partial charge in [0.25, 0.3) is 0 Å². The van der Waals surface area contributed by atoms with Gasteiger partial charge in [-0.05, 0) is 0 Å². The molecule has 0 saturated carbocycles. The Morgan fingerprint density at radius 3 is 2.90 bits per heavy atom. The van der Waals surface area contributed by atoms with E-state index in [-0.39, 0.29) is 0 Å². The second-order valence-corrected chi connectivity index (χ2v) is 1.69. The first-order valence-corrected chi connectivity index (χ1v) is 2.69. The molecule has 2 rings (SSSR count). The van der Waals surface area contributed by atoms with E-state index in [0.29, 0.717) is 11.4 Å². The molecule has 10 heavy (non-hydrogen) atoms. The summed E-state index contributed by atoms with van der Waals surface area (Å²) in [6, 6.07) is 4.43. The zero-order valence-corrected chi connectivity index (χ0v) is 4.94. The minimum absolute atomic E-state index is 0.564. The fourth-order valence-electron chi connectivity index (χ4n) is 0.643. The van der Waals surface area contributed by atoms with Crippen molar-refractivity contribution in [2.75, 3.05) is 0 Å². The molecule has 1 radical (unpaired) electrons. The second kappa shape index (κ2) is 1.98. The first-order valence-electron chi connectivity index (χ1n) is 2.69. The molecule has 0 atom stereocenters. The third-order valence-electron chi connectivity index (χ3n) is 1.07. The summed E-state index contributed by atoms with van der Waals surface area (Å²) in [5, 5.41) is 7.24. The molecule has 0 saturated heterocycles. The molecule has 0 aromatic carbocycles. The predicted molar refractivity (Wildman–Crippen MR) is 30.8 cm³/mol. The third kappa shape index (κ3) is 0.699. The standard InChI is InChI=1S/C6H3N2O2/c1-3-9-7-5(1)6-2-4-10-8-6/h1,3-4H. The van der Waals surface area contributed by atoms with Gasteiger partial charge in [-0.3, -0.25) is 0 Å². The number of aromatic nitrogens is 2. The van der Waals surface area contributed by atoms with Crippen LogP contribution in [0.2, 0.25) is 0 Å². The van der Waals surface area contributed by atoms with Crippen molar-refractivity contribution in [3.05, 3.63) is 24.7 Å². The van der Waals surface area contributed by atoms with Crippen molar-refractivity contribution < 1.29 is 9.05 Å². The van der Waals surface area contributed by atoms with Crippen LogP contribution in [-0.4, -0.2) is 10.3 Å². The molecular formula is C6H3N2O2. The maximum absolute atomic E-state index is 4.59. The lowest BCUT2D eigenvalue weighted by Crippen LogP contribution is -1.73. The van der Waals surface area contributed by atoms with Crippen molar-refractivity contribution in [1.82, 2.24) is 10.3 Å². The van der Waals surface area contributed by atoms with Crippen molar-refractivity contribution >= 4 is 0 Å². The number of rotatable bonds is 1. The van der Waals surface area contributed by atoms with Gasteiger partial charge in [-0.25, -0.2) is 0 Å². The molecule has 0 N–H and O–H groups in total. The van der Waals surface area contributed by atoms with Crippen molar-refractivity contribution in [2.45, 2.75) is 0 Å². The zero-order valence-electron chi connectivity index (χ0n) is 4.94. The number of nitrogens with zero attached hydrogens (tertiary/aromatic N) is 2. The maximum atomic E-state index is 4.59. The summed E-state index contributed by atoms with van der Waals surface area (Å²) < 4.78 is 9.14. The number of hydrogen-bond acceptors (Lipinski definition) is 4. The lowest BCUT2D eigenvalue weighted by Gasteiger charge is -1.78. The van der Waals surface area contributed by atoms with E-state index in [1.165, 1.54) is 12.5 Å². The molecule has 4 nitrogen and oxygen atoms in total. The van der Waals surface area contributed by atoms with Crippen LogP contribution >= 0.6 is 0 Å². The van der Waals surface area contributed by atoms with Crippen LogP contribution in [0.4, 0.5) is 0 Å². The summed E-state index contributed by atoms with van der Waals surface area (Å²) in [7, 11) is 0. The molecule has 0 amide bonds. The highest BCUT2D eigenvalue weighted by Gasteiger charge is 2.02. The van der Waals surface area contributed by atoms with Crippen molar-refractivity contribution in [1.29, 1.82) is 0 Å². The van der Waals surface area contributed by atoms with E-state index in [0.717, 1.165) is 0 Å². The Kier molecular flexibility index (Phi) is 1.04. The molecule has 2 heterocycles. The monoisotopic (exact) mass is 135 g/mol. The average molecular weight is 135 g/mol. The fourth-order valence-corrected chi connectivity index (χ4v) is 0.643. The van der Waals surface area contributed by atoms with Gasteiger partial charge in [-0.2, -0.15) is 0 Å². The Balaban J connectivity index is 2.48. The Labute approximate surface area is 56.4 Å². The van der Waals surface area contributed by atoms with E-state index in [1.807, 2.05) is 0 Å². The zero-order chi connectivity index (χ0) is 6.81. The Morgan fingerprint density at radius 2 is 2.30 bits per heavy atom. The largest absolute Gasteiger partial charge is 0.364 e. The molecule has 2 aromatic rings. The average Bonchev–Trinajstić information content (AvgIpc) is 2.59. The summed E-state index contributed by atoms with van der Waals surface area (Å²) in [5.74, 6) is 0. The first-order chi connectivity index (χ1) is 4.97. The molecule has 0 unspecified atom stereocenters. The smallest absolute Gasteiger partial charge is 0.143 e. The van der Waals surface area contributed by atoms with Crippen LogP contribution in [-0.2, 0) is 0 Å². The van der Waals surface area contributed by atoms with Gasteiger partial charge < -0.3 is 9.05 Å². The molecule has 0 aliphatic carbocycles. The normalized spacial score (nSPS) is 10.0. The highest BCUT2D eigenvalue weighted by Crippen LogP contribution is 2.11. The third-order valence-corrected chi connectivity index (χ3v) is 1.07. The van der Waals surface area contributed by atoms with Gasteiger partial charge in [0.15, 0.2) is 0 Å². The van der Waals surface area contributed by atoms with Gasteiger partial charge in [-0.1, -0.05) is 10.3 Å². The Morgan fingerprint density at radius 1 is 1.30 bits per heavy atom. The molecule has 2 aromatic heterocycles. The van der Waals surface area contributed by atoms with Crippen molar-refractivity contribution in [2.24, 2.45) is 0 Å². The maximum Gasteiger partial charge on any atom is 0.143 e. The van der Waals surface area contributed by atoms with Gasteiger partial charge in [0, 0.05) is 6.07 Å². The summed E-state index contributed by atoms with van der Waals surface area (Å²) in [4.78, 5) is 0. The van der Waals surface area contributed by atoms with Crippen LogP contribution in [0.3, 0.4) is 0 Å². The topological polar surface area (TPSA) is 52.1 Å². The van der Waals surface area contributed by atoms with E-state index in [4.69, 9.17) is 0 Å². The lowest BCUT2D eigenvalue weighted by molar-refractivity contribution is 0.412. The fraction of sp³-hybridized carbons (Fsp3) is 0. The van der Waals surface area contributed by atoms with Gasteiger partial charge in [0.05, 0.1) is 6.07 Å². The molecule has 0 aliphatic heterocycles. The molecule has 49 valence electrons. The van der Waals surface area contributed by atoms with E-state index >= 15 is 0 Å². The quantitative estimate of drug-likeness (QED) is 0.588. The minimum Gasteiger partial charge on any atom is -0.364 e.